The van der Waals surface area contributed by atoms with Crippen LogP contribution in [0.1, 0.15) is 78.7 Å². The van der Waals surface area contributed by atoms with Gasteiger partial charge >= 0.3 is 26.4 Å². The highest BCUT2D eigenvalue weighted by molar-refractivity contribution is 9.10. The molecule has 0 bridgehead atoms. The van der Waals surface area contributed by atoms with Gasteiger partial charge in [0, 0.05) is 28.5 Å². The van der Waals surface area contributed by atoms with Gasteiger partial charge in [-0.15, -0.1) is 0 Å². The number of rotatable bonds is 6. The van der Waals surface area contributed by atoms with Crippen LogP contribution in [-0.2, 0) is 28.1 Å². The number of benzene rings is 2. The van der Waals surface area contributed by atoms with E-state index in [-0.39, 0.29) is 45.6 Å². The molecule has 4 heterocycles. The number of halogens is 1. The Hall–Kier alpha value is -3.05. The molecule has 0 saturated heterocycles. The molecule has 14 nitrogen and oxygen atoms in total. The molecule has 0 aromatic heterocycles. The van der Waals surface area contributed by atoms with Gasteiger partial charge in [0.05, 0.1) is 25.4 Å². The predicted molar refractivity (Wildman–Crippen MR) is 192 cm³/mol. The standard InChI is InChI=1S/C17H23BBrNO6.C17H24BNO6/c1-16(2,3)24-15(22)20-7-12-13-10(19)5-6-11-14(13)18(25-12)26-17(4,8-21)9-23-11;1-16(2,3)23-15(21)19-8-13-11-6-5-7-12-14(11)18(24-13)25-17(4,9-20)10-22-12/h5-6,12,21H,7-9H2,1-4H3,(H,20,22);5-7,13,20H,8-10H2,1-4H3,(H,19,21). The van der Waals surface area contributed by atoms with Crippen LogP contribution in [0, 0.1) is 0 Å². The van der Waals surface area contributed by atoms with Crippen molar-refractivity contribution >= 4 is 53.3 Å². The fourth-order valence-corrected chi connectivity index (χ4v) is 6.36. The highest BCUT2D eigenvalue weighted by atomic mass is 79.9. The minimum absolute atomic E-state index is 0.184. The van der Waals surface area contributed by atoms with Crippen LogP contribution in [0.4, 0.5) is 9.59 Å². The maximum absolute atomic E-state index is 12.0. The maximum atomic E-state index is 12.0. The largest absolute Gasteiger partial charge is 0.499 e. The molecule has 6 rings (SSSR count). The molecule has 17 heteroatoms. The molecule has 4 N–H and O–H groups in total. The third-order valence-electron chi connectivity index (χ3n) is 8.19. The zero-order chi connectivity index (χ0) is 37.4. The van der Waals surface area contributed by atoms with E-state index in [0.29, 0.717) is 11.5 Å². The van der Waals surface area contributed by atoms with Gasteiger partial charge in [-0.25, -0.2) is 9.59 Å². The Balaban J connectivity index is 0.000000198. The molecule has 4 unspecified atom stereocenters. The highest BCUT2D eigenvalue weighted by Gasteiger charge is 2.49. The first-order valence-corrected chi connectivity index (χ1v) is 17.6. The number of amides is 2. The van der Waals surface area contributed by atoms with Gasteiger partial charge in [0.1, 0.15) is 47.1 Å². The quantitative estimate of drug-likeness (QED) is 0.317. The molecule has 0 spiro atoms. The van der Waals surface area contributed by atoms with E-state index in [0.717, 1.165) is 26.5 Å². The van der Waals surface area contributed by atoms with Crippen LogP contribution in [0.25, 0.3) is 0 Å². The van der Waals surface area contributed by atoms with E-state index in [1.165, 1.54) is 0 Å². The van der Waals surface area contributed by atoms with Crippen molar-refractivity contribution in [3.8, 4) is 11.5 Å². The van der Waals surface area contributed by atoms with Crippen LogP contribution >= 0.6 is 15.9 Å². The van der Waals surface area contributed by atoms with Crippen molar-refractivity contribution in [3.63, 3.8) is 0 Å². The maximum Gasteiger partial charge on any atom is 0.499 e. The van der Waals surface area contributed by atoms with E-state index in [1.807, 2.05) is 51.1 Å². The summed E-state index contributed by atoms with van der Waals surface area (Å²) in [5.74, 6) is 1.34. The van der Waals surface area contributed by atoms with Crippen LogP contribution in [0.15, 0.2) is 34.8 Å². The van der Waals surface area contributed by atoms with Gasteiger partial charge in [-0.05, 0) is 84.7 Å². The lowest BCUT2D eigenvalue weighted by Gasteiger charge is -2.27. The molecule has 51 heavy (non-hydrogen) atoms. The summed E-state index contributed by atoms with van der Waals surface area (Å²) in [6.45, 7) is 14.9. The Morgan fingerprint density at radius 3 is 1.82 bits per heavy atom. The van der Waals surface area contributed by atoms with Crippen LogP contribution in [0.5, 0.6) is 11.5 Å². The number of hydrogen-bond acceptors (Lipinski definition) is 12. The van der Waals surface area contributed by atoms with Crippen LogP contribution in [-0.4, -0.2) is 98.6 Å². The average Bonchev–Trinajstić information content (AvgIpc) is 3.48. The summed E-state index contributed by atoms with van der Waals surface area (Å²) in [6.07, 6.45) is -1.82. The molecule has 2 aromatic carbocycles. The summed E-state index contributed by atoms with van der Waals surface area (Å²) in [5.41, 5.74) is 0.509. The average molecular weight is 777 g/mol. The highest BCUT2D eigenvalue weighted by Crippen LogP contribution is 2.37. The summed E-state index contributed by atoms with van der Waals surface area (Å²) in [5, 5.41) is 24.7. The van der Waals surface area contributed by atoms with Gasteiger partial charge < -0.3 is 58.4 Å². The van der Waals surface area contributed by atoms with Crippen LogP contribution < -0.4 is 31.0 Å². The Morgan fingerprint density at radius 1 is 0.804 bits per heavy atom. The molecule has 4 aliphatic heterocycles. The third kappa shape index (κ3) is 9.50. The number of carbonyl (C=O) groups excluding carboxylic acids is 2. The Morgan fingerprint density at radius 2 is 1.29 bits per heavy atom. The van der Waals surface area contributed by atoms with E-state index in [9.17, 15) is 19.8 Å². The number of aliphatic hydroxyl groups is 2. The minimum atomic E-state index is -0.874. The van der Waals surface area contributed by atoms with Crippen molar-refractivity contribution in [2.75, 3.05) is 39.5 Å². The first-order chi connectivity index (χ1) is 23.8. The summed E-state index contributed by atoms with van der Waals surface area (Å²) in [7, 11) is -1.32. The summed E-state index contributed by atoms with van der Waals surface area (Å²) >= 11 is 3.55. The van der Waals surface area contributed by atoms with Crippen molar-refractivity contribution in [2.45, 2.75) is 90.0 Å². The number of nitrogens with one attached hydrogen (secondary N) is 2. The lowest BCUT2D eigenvalue weighted by Crippen LogP contribution is -2.45. The molecule has 0 radical (unpaired) electrons. The first kappa shape index (κ1) is 39.2. The molecule has 2 aromatic rings. The molecule has 0 aliphatic carbocycles. The van der Waals surface area contributed by atoms with Crippen molar-refractivity contribution in [2.24, 2.45) is 0 Å². The Kier molecular flexibility index (Phi) is 11.6. The normalized spacial score (nSPS) is 24.8. The van der Waals surface area contributed by atoms with Crippen molar-refractivity contribution in [3.05, 3.63) is 45.9 Å². The number of carbonyl (C=O) groups is 2. The molecule has 0 saturated carbocycles. The van der Waals surface area contributed by atoms with Gasteiger partial charge in [0.25, 0.3) is 0 Å². The number of hydrogen-bond donors (Lipinski definition) is 4. The topological polar surface area (TPSA) is 172 Å². The van der Waals surface area contributed by atoms with E-state index in [1.54, 1.807) is 34.6 Å². The second kappa shape index (κ2) is 15.1. The second-order valence-electron chi connectivity index (χ2n) is 15.3. The predicted octanol–water partition coefficient (Wildman–Crippen LogP) is 3.04. The van der Waals surface area contributed by atoms with Gasteiger partial charge in [-0.2, -0.15) is 0 Å². The summed E-state index contributed by atoms with van der Waals surface area (Å²) in [6, 6.07) is 9.37. The zero-order valence-electron chi connectivity index (χ0n) is 30.3. The number of ether oxygens (including phenoxy) is 4. The number of aliphatic hydroxyl groups excluding tert-OH is 2. The van der Waals surface area contributed by atoms with Crippen molar-refractivity contribution < 1.29 is 57.4 Å². The van der Waals surface area contributed by atoms with Crippen LogP contribution in [0.2, 0.25) is 0 Å². The first-order valence-electron chi connectivity index (χ1n) is 16.9. The van der Waals surface area contributed by atoms with Gasteiger partial charge in [0.15, 0.2) is 0 Å². The van der Waals surface area contributed by atoms with Gasteiger partial charge in [-0.3, -0.25) is 0 Å². The summed E-state index contributed by atoms with van der Waals surface area (Å²) < 4.78 is 47.0. The molecular formula is C34H47B2BrN2O12. The molecule has 4 atom stereocenters. The molecule has 2 amide bonds. The van der Waals surface area contributed by atoms with E-state index in [4.69, 9.17) is 37.6 Å². The lowest BCUT2D eigenvalue weighted by atomic mass is 9.77. The number of alkyl carbamates (subject to hydrolysis) is 2. The van der Waals surface area contributed by atoms with E-state index < -0.39 is 54.9 Å². The molecule has 0 fully saturated rings. The summed E-state index contributed by atoms with van der Waals surface area (Å²) in [4.78, 5) is 23.8. The second-order valence-corrected chi connectivity index (χ2v) is 16.2. The lowest BCUT2D eigenvalue weighted by molar-refractivity contribution is -0.0271. The van der Waals surface area contributed by atoms with Gasteiger partial charge in [0.2, 0.25) is 0 Å². The zero-order valence-corrected chi connectivity index (χ0v) is 31.9. The van der Waals surface area contributed by atoms with E-state index >= 15 is 0 Å². The Bertz CT molecular complexity index is 1600. The molecular weight excluding hydrogens is 730 g/mol. The van der Waals surface area contributed by atoms with Crippen molar-refractivity contribution in [1.29, 1.82) is 0 Å². The smallest absolute Gasteiger partial charge is 0.491 e. The van der Waals surface area contributed by atoms with Gasteiger partial charge in [-0.1, -0.05) is 28.1 Å². The van der Waals surface area contributed by atoms with Crippen molar-refractivity contribution in [1.82, 2.24) is 10.6 Å². The SMILES string of the molecule is CC(C)(C)OC(=O)NCC1OB2OC(C)(CO)COc3ccc(Br)c1c32.CC(C)(C)OC(=O)NCC1OB2OC(C)(CO)COc3cccc1c32. The fourth-order valence-electron chi connectivity index (χ4n) is 5.76. The Labute approximate surface area is 307 Å². The minimum Gasteiger partial charge on any atom is -0.491 e. The third-order valence-corrected chi connectivity index (χ3v) is 8.88. The monoisotopic (exact) mass is 776 g/mol. The van der Waals surface area contributed by atoms with Crippen LogP contribution in [0.3, 0.4) is 0 Å². The fraction of sp³-hybridized carbons (Fsp3) is 0.588. The van der Waals surface area contributed by atoms with E-state index in [2.05, 4.69) is 26.6 Å². The molecule has 278 valence electrons. The molecule has 4 aliphatic rings.